The Morgan fingerprint density at radius 1 is 0.900 bits per heavy atom. The second-order valence-electron chi connectivity index (χ2n) is 5.59. The zero-order chi connectivity index (χ0) is 13.5. The summed E-state index contributed by atoms with van der Waals surface area (Å²) in [7, 11) is 0. The minimum absolute atomic E-state index is 1.11. The Hall–Kier alpha value is -2.15. The van der Waals surface area contributed by atoms with Gasteiger partial charge in [0.05, 0.1) is 11.2 Å². The summed E-state index contributed by atoms with van der Waals surface area (Å²) in [6.45, 7) is 2.25. The monoisotopic (exact) mass is 259 g/mol. The molecule has 1 aromatic heterocycles. The first-order valence-corrected chi connectivity index (χ1v) is 7.31. The Morgan fingerprint density at radius 3 is 2.65 bits per heavy atom. The minimum Gasteiger partial charge on any atom is -0.247 e. The minimum atomic E-state index is 1.11. The molecule has 0 saturated carbocycles. The van der Waals surface area contributed by atoms with Gasteiger partial charge in [0.15, 0.2) is 0 Å². The van der Waals surface area contributed by atoms with Crippen LogP contribution in [0.2, 0.25) is 0 Å². The summed E-state index contributed by atoms with van der Waals surface area (Å²) in [6, 6.07) is 17.2. The zero-order valence-corrected chi connectivity index (χ0v) is 11.7. The standard InChI is InChI=1S/C19H17N/c1-13-15-9-4-5-12-18(15)20-19-16(13)11-6-8-14-7-2-3-10-17(14)19/h2-5,7,9-10,12H,6,8,11H2,1H3. The molecule has 2 aromatic carbocycles. The lowest BCUT2D eigenvalue weighted by atomic mass is 9.96. The highest BCUT2D eigenvalue weighted by atomic mass is 14.7. The van der Waals surface area contributed by atoms with Crippen LogP contribution >= 0.6 is 0 Å². The highest BCUT2D eigenvalue weighted by Gasteiger charge is 2.18. The number of hydrogen-bond donors (Lipinski definition) is 0. The summed E-state index contributed by atoms with van der Waals surface area (Å²) in [6.07, 6.45) is 3.50. The lowest BCUT2D eigenvalue weighted by molar-refractivity contribution is 0.830. The van der Waals surface area contributed by atoms with Crippen molar-refractivity contribution in [2.75, 3.05) is 0 Å². The third-order valence-corrected chi connectivity index (χ3v) is 4.42. The van der Waals surface area contributed by atoms with E-state index in [-0.39, 0.29) is 0 Å². The summed E-state index contributed by atoms with van der Waals surface area (Å²) >= 11 is 0. The van der Waals surface area contributed by atoms with Gasteiger partial charge in [0.25, 0.3) is 0 Å². The van der Waals surface area contributed by atoms with Crippen LogP contribution in [0.25, 0.3) is 22.2 Å². The van der Waals surface area contributed by atoms with E-state index in [0.717, 1.165) is 18.4 Å². The molecule has 0 bridgehead atoms. The smallest absolute Gasteiger partial charge is 0.0747 e. The van der Waals surface area contributed by atoms with Gasteiger partial charge in [-0.05, 0) is 48.9 Å². The van der Waals surface area contributed by atoms with Gasteiger partial charge >= 0.3 is 0 Å². The first-order valence-electron chi connectivity index (χ1n) is 7.31. The maximum atomic E-state index is 4.98. The van der Waals surface area contributed by atoms with Gasteiger partial charge in [-0.3, -0.25) is 0 Å². The maximum absolute atomic E-state index is 4.98. The first-order chi connectivity index (χ1) is 9.84. The molecule has 0 fully saturated rings. The van der Waals surface area contributed by atoms with E-state index < -0.39 is 0 Å². The number of nitrogens with zero attached hydrogens (tertiary/aromatic N) is 1. The average molecular weight is 259 g/mol. The fourth-order valence-corrected chi connectivity index (χ4v) is 3.37. The fraction of sp³-hybridized carbons (Fsp3) is 0.211. The van der Waals surface area contributed by atoms with Gasteiger partial charge in [-0.1, -0.05) is 42.5 Å². The van der Waals surface area contributed by atoms with Crippen LogP contribution in [0.4, 0.5) is 0 Å². The van der Waals surface area contributed by atoms with Crippen LogP contribution in [-0.4, -0.2) is 4.98 Å². The number of rotatable bonds is 0. The predicted molar refractivity (Wildman–Crippen MR) is 83.9 cm³/mol. The number of aromatic nitrogens is 1. The van der Waals surface area contributed by atoms with E-state index in [4.69, 9.17) is 4.98 Å². The number of para-hydroxylation sites is 1. The number of fused-ring (bicyclic) bond motifs is 4. The van der Waals surface area contributed by atoms with E-state index in [0.29, 0.717) is 0 Å². The van der Waals surface area contributed by atoms with Crippen LogP contribution in [-0.2, 0) is 12.8 Å². The van der Waals surface area contributed by atoms with Gasteiger partial charge in [-0.25, -0.2) is 4.98 Å². The number of benzene rings is 2. The van der Waals surface area contributed by atoms with Crippen LogP contribution in [0.5, 0.6) is 0 Å². The van der Waals surface area contributed by atoms with Crippen LogP contribution in [0.1, 0.15) is 23.1 Å². The third-order valence-electron chi connectivity index (χ3n) is 4.42. The Kier molecular flexibility index (Phi) is 2.59. The van der Waals surface area contributed by atoms with E-state index in [2.05, 4.69) is 55.5 Å². The molecule has 0 unspecified atom stereocenters. The average Bonchev–Trinajstić information content (AvgIpc) is 2.68. The molecule has 1 aliphatic rings. The lowest BCUT2D eigenvalue weighted by Crippen LogP contribution is -1.97. The van der Waals surface area contributed by atoms with Crippen LogP contribution in [0, 0.1) is 6.92 Å². The van der Waals surface area contributed by atoms with Gasteiger partial charge < -0.3 is 0 Å². The second-order valence-corrected chi connectivity index (χ2v) is 5.59. The summed E-state index contributed by atoms with van der Waals surface area (Å²) < 4.78 is 0. The molecule has 1 aliphatic carbocycles. The zero-order valence-electron chi connectivity index (χ0n) is 11.7. The van der Waals surface area contributed by atoms with Crippen molar-refractivity contribution in [1.29, 1.82) is 0 Å². The molecule has 1 heteroatoms. The molecule has 0 N–H and O–H groups in total. The van der Waals surface area contributed by atoms with E-state index in [1.54, 1.807) is 0 Å². The lowest BCUT2D eigenvalue weighted by Gasteiger charge is -2.13. The number of aryl methyl sites for hydroxylation is 2. The molecule has 20 heavy (non-hydrogen) atoms. The van der Waals surface area contributed by atoms with Crippen molar-refractivity contribution >= 4 is 10.9 Å². The Morgan fingerprint density at radius 2 is 1.70 bits per heavy atom. The van der Waals surface area contributed by atoms with Gasteiger partial charge in [0.2, 0.25) is 0 Å². The molecule has 0 saturated heterocycles. The Labute approximate surface area is 119 Å². The molecule has 3 aromatic rings. The normalized spacial score (nSPS) is 13.7. The van der Waals surface area contributed by atoms with E-state index in [1.165, 1.54) is 39.8 Å². The molecular formula is C19H17N. The van der Waals surface area contributed by atoms with Crippen molar-refractivity contribution in [3.63, 3.8) is 0 Å². The molecule has 1 heterocycles. The highest BCUT2D eigenvalue weighted by Crippen LogP contribution is 2.35. The molecular weight excluding hydrogens is 242 g/mol. The summed E-state index contributed by atoms with van der Waals surface area (Å²) in [4.78, 5) is 4.98. The largest absolute Gasteiger partial charge is 0.247 e. The number of hydrogen-bond acceptors (Lipinski definition) is 1. The van der Waals surface area contributed by atoms with Crippen molar-refractivity contribution < 1.29 is 0 Å². The van der Waals surface area contributed by atoms with Crippen molar-refractivity contribution in [1.82, 2.24) is 4.98 Å². The Balaban J connectivity index is 2.11. The fourth-order valence-electron chi connectivity index (χ4n) is 3.37. The van der Waals surface area contributed by atoms with Crippen LogP contribution in [0.15, 0.2) is 48.5 Å². The molecule has 0 atom stereocenters. The first kappa shape index (κ1) is 11.7. The SMILES string of the molecule is Cc1c2c(nc3ccccc13)-c1ccccc1CCC2. The molecule has 0 amide bonds. The van der Waals surface area contributed by atoms with Crippen LogP contribution < -0.4 is 0 Å². The van der Waals surface area contributed by atoms with E-state index in [9.17, 15) is 0 Å². The molecule has 0 radical (unpaired) electrons. The van der Waals surface area contributed by atoms with Crippen LogP contribution in [0.3, 0.4) is 0 Å². The van der Waals surface area contributed by atoms with E-state index >= 15 is 0 Å². The molecule has 4 rings (SSSR count). The summed E-state index contributed by atoms with van der Waals surface area (Å²) in [5.74, 6) is 0. The van der Waals surface area contributed by atoms with Gasteiger partial charge in [0.1, 0.15) is 0 Å². The van der Waals surface area contributed by atoms with Crippen molar-refractivity contribution in [2.24, 2.45) is 0 Å². The molecule has 1 nitrogen and oxygen atoms in total. The topological polar surface area (TPSA) is 12.9 Å². The third kappa shape index (κ3) is 1.66. The maximum Gasteiger partial charge on any atom is 0.0747 e. The van der Waals surface area contributed by atoms with E-state index in [1.807, 2.05) is 0 Å². The Bertz CT molecular complexity index is 802. The van der Waals surface area contributed by atoms with Crippen molar-refractivity contribution in [3.8, 4) is 11.3 Å². The summed E-state index contributed by atoms with van der Waals surface area (Å²) in [5, 5.41) is 1.30. The number of pyridine rings is 1. The van der Waals surface area contributed by atoms with Gasteiger partial charge in [-0.2, -0.15) is 0 Å². The highest BCUT2D eigenvalue weighted by molar-refractivity contribution is 5.87. The molecule has 98 valence electrons. The van der Waals surface area contributed by atoms with Crippen molar-refractivity contribution in [2.45, 2.75) is 26.2 Å². The summed E-state index contributed by atoms with van der Waals surface area (Å²) in [5.41, 5.74) is 7.92. The second kappa shape index (κ2) is 4.45. The molecule has 0 spiro atoms. The molecule has 0 aliphatic heterocycles. The van der Waals surface area contributed by atoms with Gasteiger partial charge in [-0.15, -0.1) is 0 Å². The quantitative estimate of drug-likeness (QED) is 0.570. The van der Waals surface area contributed by atoms with Crippen molar-refractivity contribution in [3.05, 3.63) is 65.2 Å². The predicted octanol–water partition coefficient (Wildman–Crippen LogP) is 4.70. The van der Waals surface area contributed by atoms with Gasteiger partial charge in [0, 0.05) is 10.9 Å².